The van der Waals surface area contributed by atoms with E-state index in [1.165, 1.54) is 7.11 Å². The molecule has 1 atom stereocenters. The van der Waals surface area contributed by atoms with Gasteiger partial charge in [-0.3, -0.25) is 0 Å². The summed E-state index contributed by atoms with van der Waals surface area (Å²) in [5, 5.41) is 0. The van der Waals surface area contributed by atoms with Gasteiger partial charge in [-0.15, -0.1) is 0 Å². The Kier molecular flexibility index (Phi) is 6.27. The molecule has 6 heteroatoms. The van der Waals surface area contributed by atoms with E-state index >= 15 is 0 Å². The van der Waals surface area contributed by atoms with Crippen LogP contribution in [0.3, 0.4) is 0 Å². The summed E-state index contributed by atoms with van der Waals surface area (Å²) in [5.41, 5.74) is 6.70. The number of rotatable bonds is 8. The van der Waals surface area contributed by atoms with Gasteiger partial charge in [0.15, 0.2) is 9.84 Å². The maximum Gasteiger partial charge on any atom is 0.154 e. The van der Waals surface area contributed by atoms with Crippen LogP contribution in [0, 0.1) is 0 Å². The molecule has 108 valence electrons. The van der Waals surface area contributed by atoms with Gasteiger partial charge >= 0.3 is 0 Å². The normalized spacial score (nSPS) is 13.2. The molecule has 0 spiro atoms. The lowest BCUT2D eigenvalue weighted by atomic mass is 10.1. The van der Waals surface area contributed by atoms with E-state index in [2.05, 4.69) is 0 Å². The van der Waals surface area contributed by atoms with Crippen LogP contribution in [0.2, 0.25) is 0 Å². The smallest absolute Gasteiger partial charge is 0.154 e. The number of hydrogen-bond acceptors (Lipinski definition) is 5. The molecule has 0 saturated heterocycles. The van der Waals surface area contributed by atoms with Crippen LogP contribution in [0.15, 0.2) is 24.3 Å². The molecule has 0 radical (unpaired) electrons. The minimum atomic E-state index is -3.23. The molecule has 0 heterocycles. The molecule has 0 saturated carbocycles. The van der Waals surface area contributed by atoms with Crippen molar-refractivity contribution in [3.8, 4) is 5.75 Å². The minimum absolute atomic E-state index is 0.0198. The molecular weight excluding hydrogens is 266 g/mol. The van der Waals surface area contributed by atoms with Crippen molar-refractivity contribution >= 4 is 9.84 Å². The molecule has 0 aliphatic rings. The maximum absolute atomic E-state index is 11.8. The first-order valence-corrected chi connectivity index (χ1v) is 7.99. The lowest BCUT2D eigenvalue weighted by Crippen LogP contribution is -2.25. The van der Waals surface area contributed by atoms with Crippen LogP contribution in [-0.2, 0) is 14.6 Å². The van der Waals surface area contributed by atoms with Crippen molar-refractivity contribution in [3.63, 3.8) is 0 Å². The summed E-state index contributed by atoms with van der Waals surface area (Å²) in [7, 11) is -1.76. The summed E-state index contributed by atoms with van der Waals surface area (Å²) in [6, 6.07) is 6.65. The fourth-order valence-corrected chi connectivity index (χ4v) is 3.04. The van der Waals surface area contributed by atoms with Crippen molar-refractivity contribution in [3.05, 3.63) is 29.8 Å². The molecule has 0 aliphatic carbocycles. The Morgan fingerprint density at radius 1 is 1.32 bits per heavy atom. The third kappa shape index (κ3) is 5.18. The summed E-state index contributed by atoms with van der Waals surface area (Å²) in [6.07, 6.45) is 0. The molecule has 1 aromatic carbocycles. The zero-order valence-corrected chi connectivity index (χ0v) is 12.2. The second-order valence-corrected chi connectivity index (χ2v) is 6.41. The van der Waals surface area contributed by atoms with Crippen LogP contribution in [0.25, 0.3) is 0 Å². The average Bonchev–Trinajstić information content (AvgIpc) is 2.37. The molecular formula is C13H21NO4S. The van der Waals surface area contributed by atoms with Crippen LogP contribution >= 0.6 is 0 Å². The highest BCUT2D eigenvalue weighted by molar-refractivity contribution is 7.91. The van der Waals surface area contributed by atoms with Crippen molar-refractivity contribution in [2.24, 2.45) is 5.73 Å². The van der Waals surface area contributed by atoms with E-state index in [0.717, 1.165) is 0 Å². The van der Waals surface area contributed by atoms with Crippen molar-refractivity contribution in [2.75, 3.05) is 31.8 Å². The van der Waals surface area contributed by atoms with Gasteiger partial charge in [-0.05, 0) is 13.0 Å². The molecule has 1 aromatic rings. The molecule has 19 heavy (non-hydrogen) atoms. The predicted octanol–water partition coefficient (Wildman–Crippen LogP) is 1.15. The van der Waals surface area contributed by atoms with E-state index < -0.39 is 15.9 Å². The van der Waals surface area contributed by atoms with E-state index in [9.17, 15) is 8.42 Å². The summed E-state index contributed by atoms with van der Waals surface area (Å²) < 4.78 is 33.9. The number of benzene rings is 1. The van der Waals surface area contributed by atoms with Gasteiger partial charge in [0.1, 0.15) is 5.75 Å². The largest absolute Gasteiger partial charge is 0.494 e. The first kappa shape index (κ1) is 15.9. The second kappa shape index (κ2) is 7.47. The fraction of sp³-hybridized carbons (Fsp3) is 0.538. The number of methoxy groups -OCH3 is 1. The Hall–Kier alpha value is -1.11. The average molecular weight is 287 g/mol. The zero-order chi connectivity index (χ0) is 14.3. The van der Waals surface area contributed by atoms with Gasteiger partial charge in [-0.2, -0.15) is 0 Å². The summed E-state index contributed by atoms with van der Waals surface area (Å²) in [4.78, 5) is 0. The number of para-hydroxylation sites is 1. The van der Waals surface area contributed by atoms with Crippen LogP contribution in [0.4, 0.5) is 0 Å². The predicted molar refractivity (Wildman–Crippen MR) is 75.1 cm³/mol. The molecule has 0 fully saturated rings. The van der Waals surface area contributed by atoms with E-state index in [4.69, 9.17) is 15.2 Å². The van der Waals surface area contributed by atoms with E-state index in [1.807, 2.05) is 19.1 Å². The van der Waals surface area contributed by atoms with Crippen LogP contribution < -0.4 is 10.5 Å². The van der Waals surface area contributed by atoms with Crippen molar-refractivity contribution in [2.45, 2.75) is 13.0 Å². The van der Waals surface area contributed by atoms with E-state index in [1.54, 1.807) is 12.1 Å². The molecule has 0 aliphatic heterocycles. The highest BCUT2D eigenvalue weighted by atomic mass is 32.2. The quantitative estimate of drug-likeness (QED) is 0.776. The van der Waals surface area contributed by atoms with Gasteiger partial charge in [0.2, 0.25) is 0 Å². The molecule has 2 N–H and O–H groups in total. The molecule has 0 aromatic heterocycles. The molecule has 1 unspecified atom stereocenters. The number of sulfone groups is 1. The highest BCUT2D eigenvalue weighted by Crippen LogP contribution is 2.24. The van der Waals surface area contributed by atoms with Crippen LogP contribution in [0.5, 0.6) is 5.75 Å². The minimum Gasteiger partial charge on any atom is -0.494 e. The van der Waals surface area contributed by atoms with Gasteiger partial charge in [0, 0.05) is 18.7 Å². The van der Waals surface area contributed by atoms with Gasteiger partial charge < -0.3 is 15.2 Å². The molecule has 5 nitrogen and oxygen atoms in total. The lowest BCUT2D eigenvalue weighted by molar-refractivity contribution is 0.217. The fourth-order valence-electron chi connectivity index (χ4n) is 1.73. The second-order valence-electron chi connectivity index (χ2n) is 4.18. The Morgan fingerprint density at radius 2 is 2.00 bits per heavy atom. The SMILES string of the molecule is CCOc1ccccc1C(N)CS(=O)(=O)CCOC. The maximum atomic E-state index is 11.8. The van der Waals surface area contributed by atoms with E-state index in [-0.39, 0.29) is 18.1 Å². The van der Waals surface area contributed by atoms with Gasteiger partial charge in [-0.1, -0.05) is 18.2 Å². The number of nitrogens with two attached hydrogens (primary N) is 1. The first-order chi connectivity index (χ1) is 9.00. The number of hydrogen-bond donors (Lipinski definition) is 1. The standard InChI is InChI=1S/C13H21NO4S/c1-3-18-13-7-5-4-6-11(13)12(14)10-19(15,16)9-8-17-2/h4-7,12H,3,8-10,14H2,1-2H3. The van der Waals surface area contributed by atoms with Gasteiger partial charge in [0.25, 0.3) is 0 Å². The lowest BCUT2D eigenvalue weighted by Gasteiger charge is -2.16. The van der Waals surface area contributed by atoms with Crippen molar-refractivity contribution in [1.29, 1.82) is 0 Å². The number of ether oxygens (including phenoxy) is 2. The molecule has 1 rings (SSSR count). The third-order valence-corrected chi connectivity index (χ3v) is 4.31. The van der Waals surface area contributed by atoms with Crippen LogP contribution in [0.1, 0.15) is 18.5 Å². The zero-order valence-electron chi connectivity index (χ0n) is 11.3. The Balaban J connectivity index is 2.80. The first-order valence-electron chi connectivity index (χ1n) is 6.17. The Labute approximate surface area is 114 Å². The Morgan fingerprint density at radius 3 is 2.63 bits per heavy atom. The molecule has 0 amide bonds. The van der Waals surface area contributed by atoms with Crippen molar-refractivity contribution < 1.29 is 17.9 Å². The van der Waals surface area contributed by atoms with Crippen LogP contribution in [-0.4, -0.2) is 40.2 Å². The third-order valence-electron chi connectivity index (χ3n) is 2.65. The highest BCUT2D eigenvalue weighted by Gasteiger charge is 2.20. The summed E-state index contributed by atoms with van der Waals surface area (Å²) in [5.74, 6) is 0.508. The molecule has 0 bridgehead atoms. The van der Waals surface area contributed by atoms with Gasteiger partial charge in [0.05, 0.1) is 24.7 Å². The van der Waals surface area contributed by atoms with Gasteiger partial charge in [-0.25, -0.2) is 8.42 Å². The summed E-state index contributed by atoms with van der Waals surface area (Å²) in [6.45, 7) is 2.57. The van der Waals surface area contributed by atoms with E-state index in [0.29, 0.717) is 17.9 Å². The summed E-state index contributed by atoms with van der Waals surface area (Å²) >= 11 is 0. The van der Waals surface area contributed by atoms with Crippen molar-refractivity contribution in [1.82, 2.24) is 0 Å². The monoisotopic (exact) mass is 287 g/mol. The topological polar surface area (TPSA) is 78.6 Å². The Bertz CT molecular complexity index is 487.